The fraction of sp³-hybridized carbons (Fsp3) is 0.400. The Kier molecular flexibility index (Phi) is 5.58. The number of methoxy groups -OCH3 is 1. The average Bonchev–Trinajstić information content (AvgIpc) is 2.87. The van der Waals surface area contributed by atoms with Crippen molar-refractivity contribution in [3.8, 4) is 5.75 Å². The van der Waals surface area contributed by atoms with Crippen LogP contribution >= 0.6 is 12.4 Å². The number of aryl methyl sites for hydroxylation is 2. The van der Waals surface area contributed by atoms with E-state index in [9.17, 15) is 4.79 Å². The lowest BCUT2D eigenvalue weighted by Gasteiger charge is -2.20. The Labute approximate surface area is 164 Å². The molecule has 1 aromatic carbocycles. The second-order valence-electron chi connectivity index (χ2n) is 7.06. The smallest absolute Gasteiger partial charge is 0.276 e. The van der Waals surface area contributed by atoms with E-state index in [4.69, 9.17) is 9.72 Å². The highest BCUT2D eigenvalue weighted by Gasteiger charge is 2.20. The molecule has 0 fully saturated rings. The quantitative estimate of drug-likeness (QED) is 0.749. The molecule has 1 aliphatic rings. The van der Waals surface area contributed by atoms with Crippen LogP contribution in [0.15, 0.2) is 29.1 Å². The van der Waals surface area contributed by atoms with Crippen molar-refractivity contribution in [2.45, 2.75) is 33.2 Å². The number of benzene rings is 1. The summed E-state index contributed by atoms with van der Waals surface area (Å²) < 4.78 is 6.91. The SMILES string of the molecule is COc1ccc(CN2CCc3nc4cc(C)[nH]n4c(=O)c3CC2)cc1C.Cl. The largest absolute Gasteiger partial charge is 0.496 e. The Morgan fingerprint density at radius 3 is 2.70 bits per heavy atom. The van der Waals surface area contributed by atoms with Gasteiger partial charge in [-0.1, -0.05) is 12.1 Å². The number of aromatic nitrogens is 3. The molecular formula is C20H25ClN4O2. The van der Waals surface area contributed by atoms with Crippen molar-refractivity contribution in [3.05, 3.63) is 62.7 Å². The summed E-state index contributed by atoms with van der Waals surface area (Å²) in [5.74, 6) is 0.916. The van der Waals surface area contributed by atoms with Crippen LogP contribution in [0, 0.1) is 13.8 Å². The van der Waals surface area contributed by atoms with Gasteiger partial charge in [0.1, 0.15) is 5.75 Å². The molecule has 0 unspecified atom stereocenters. The molecule has 0 saturated carbocycles. The van der Waals surface area contributed by atoms with Gasteiger partial charge in [-0.15, -0.1) is 12.4 Å². The molecule has 1 N–H and O–H groups in total. The number of H-pyrrole nitrogens is 1. The van der Waals surface area contributed by atoms with Crippen molar-refractivity contribution < 1.29 is 4.74 Å². The lowest BCUT2D eigenvalue weighted by Crippen LogP contribution is -2.26. The van der Waals surface area contributed by atoms with E-state index in [1.165, 1.54) is 5.56 Å². The summed E-state index contributed by atoms with van der Waals surface area (Å²) in [5, 5.41) is 3.08. The van der Waals surface area contributed by atoms with Crippen molar-refractivity contribution in [2.75, 3.05) is 20.2 Å². The van der Waals surface area contributed by atoms with Crippen molar-refractivity contribution in [1.82, 2.24) is 19.5 Å². The van der Waals surface area contributed by atoms with E-state index in [0.29, 0.717) is 5.65 Å². The third kappa shape index (κ3) is 3.73. The molecule has 0 spiro atoms. The molecule has 0 atom stereocenters. The fourth-order valence-corrected chi connectivity index (χ4v) is 3.78. The minimum absolute atomic E-state index is 0. The highest BCUT2D eigenvalue weighted by Crippen LogP contribution is 2.20. The van der Waals surface area contributed by atoms with Gasteiger partial charge >= 0.3 is 0 Å². The summed E-state index contributed by atoms with van der Waals surface area (Å²) in [5.41, 5.74) is 5.91. The molecule has 4 rings (SSSR count). The van der Waals surface area contributed by atoms with E-state index in [1.54, 1.807) is 11.6 Å². The molecule has 3 aromatic rings. The lowest BCUT2D eigenvalue weighted by molar-refractivity contribution is 0.278. The van der Waals surface area contributed by atoms with Crippen molar-refractivity contribution in [2.24, 2.45) is 0 Å². The Balaban J connectivity index is 0.00000210. The van der Waals surface area contributed by atoms with Gasteiger partial charge in [0.15, 0.2) is 5.65 Å². The van der Waals surface area contributed by atoms with Crippen LogP contribution in [0.25, 0.3) is 5.65 Å². The molecule has 27 heavy (non-hydrogen) atoms. The molecule has 0 radical (unpaired) electrons. The normalized spacial score (nSPS) is 14.5. The summed E-state index contributed by atoms with van der Waals surface area (Å²) in [6.45, 7) is 6.65. The summed E-state index contributed by atoms with van der Waals surface area (Å²) in [7, 11) is 1.70. The third-order valence-corrected chi connectivity index (χ3v) is 5.13. The zero-order chi connectivity index (χ0) is 18.3. The molecular weight excluding hydrogens is 364 g/mol. The number of rotatable bonds is 3. The molecule has 0 saturated heterocycles. The maximum atomic E-state index is 12.8. The highest BCUT2D eigenvalue weighted by molar-refractivity contribution is 5.85. The Hall–Kier alpha value is -2.31. The van der Waals surface area contributed by atoms with E-state index in [2.05, 4.69) is 29.1 Å². The monoisotopic (exact) mass is 388 g/mol. The molecule has 3 heterocycles. The van der Waals surface area contributed by atoms with E-state index < -0.39 is 0 Å². The van der Waals surface area contributed by atoms with Gasteiger partial charge in [-0.2, -0.15) is 0 Å². The first-order valence-electron chi connectivity index (χ1n) is 9.01. The topological polar surface area (TPSA) is 62.6 Å². The summed E-state index contributed by atoms with van der Waals surface area (Å²) in [4.78, 5) is 19.9. The number of aromatic amines is 1. The van der Waals surface area contributed by atoms with Crippen LogP contribution in [0.1, 0.15) is 28.1 Å². The van der Waals surface area contributed by atoms with Crippen LogP contribution in [-0.2, 0) is 19.4 Å². The van der Waals surface area contributed by atoms with E-state index >= 15 is 0 Å². The van der Waals surface area contributed by atoms with Gasteiger partial charge in [0.25, 0.3) is 5.56 Å². The number of nitrogens with zero attached hydrogens (tertiary/aromatic N) is 3. The van der Waals surface area contributed by atoms with Crippen LogP contribution < -0.4 is 10.3 Å². The van der Waals surface area contributed by atoms with Gasteiger partial charge in [-0.25, -0.2) is 9.50 Å². The number of hydrogen-bond acceptors (Lipinski definition) is 4. The lowest BCUT2D eigenvalue weighted by atomic mass is 10.1. The second-order valence-corrected chi connectivity index (χ2v) is 7.06. The second kappa shape index (κ2) is 7.74. The molecule has 0 aliphatic carbocycles. The van der Waals surface area contributed by atoms with Crippen molar-refractivity contribution >= 4 is 18.1 Å². The summed E-state index contributed by atoms with van der Waals surface area (Å²) >= 11 is 0. The molecule has 7 heteroatoms. The van der Waals surface area contributed by atoms with Crippen LogP contribution in [-0.4, -0.2) is 39.7 Å². The number of hydrogen-bond donors (Lipinski definition) is 1. The van der Waals surface area contributed by atoms with Crippen LogP contribution in [0.4, 0.5) is 0 Å². The predicted octanol–water partition coefficient (Wildman–Crippen LogP) is 2.67. The number of ether oxygens (including phenoxy) is 1. The van der Waals surface area contributed by atoms with Crippen LogP contribution in [0.5, 0.6) is 5.75 Å². The molecule has 0 amide bonds. The average molecular weight is 389 g/mol. The number of nitrogens with one attached hydrogen (secondary N) is 1. The van der Waals surface area contributed by atoms with E-state index in [1.807, 2.05) is 19.1 Å². The number of halogens is 1. The fourth-order valence-electron chi connectivity index (χ4n) is 3.78. The molecule has 1 aliphatic heterocycles. The Bertz CT molecular complexity index is 1020. The van der Waals surface area contributed by atoms with Gasteiger partial charge in [-0.3, -0.25) is 14.8 Å². The van der Waals surface area contributed by atoms with Crippen LogP contribution in [0.3, 0.4) is 0 Å². The maximum absolute atomic E-state index is 12.8. The van der Waals surface area contributed by atoms with Gasteiger partial charge in [0.05, 0.1) is 12.8 Å². The van der Waals surface area contributed by atoms with Gasteiger partial charge in [0, 0.05) is 43.4 Å². The van der Waals surface area contributed by atoms with Crippen LogP contribution in [0.2, 0.25) is 0 Å². The zero-order valence-corrected chi connectivity index (χ0v) is 16.7. The Morgan fingerprint density at radius 2 is 1.96 bits per heavy atom. The van der Waals surface area contributed by atoms with Gasteiger partial charge in [0.2, 0.25) is 0 Å². The molecule has 144 valence electrons. The zero-order valence-electron chi connectivity index (χ0n) is 15.9. The van der Waals surface area contributed by atoms with E-state index in [0.717, 1.165) is 60.7 Å². The van der Waals surface area contributed by atoms with E-state index in [-0.39, 0.29) is 18.0 Å². The molecule has 6 nitrogen and oxygen atoms in total. The van der Waals surface area contributed by atoms with Crippen molar-refractivity contribution in [1.29, 1.82) is 0 Å². The summed E-state index contributed by atoms with van der Waals surface area (Å²) in [6.07, 6.45) is 1.54. The molecule has 2 aromatic heterocycles. The Morgan fingerprint density at radius 1 is 1.19 bits per heavy atom. The third-order valence-electron chi connectivity index (χ3n) is 5.13. The standard InChI is InChI=1S/C20H24N4O2.ClH/c1-13-10-15(4-5-18(13)26-3)12-23-8-6-16-17(7-9-23)21-19-11-14(2)22-24(19)20(16)25;/h4-5,10-11,22H,6-9,12H2,1-3H3;1H. The van der Waals surface area contributed by atoms with Gasteiger partial charge < -0.3 is 4.74 Å². The predicted molar refractivity (Wildman–Crippen MR) is 108 cm³/mol. The molecule has 0 bridgehead atoms. The van der Waals surface area contributed by atoms with Gasteiger partial charge in [-0.05, 0) is 37.5 Å². The maximum Gasteiger partial charge on any atom is 0.276 e. The first-order valence-corrected chi connectivity index (χ1v) is 9.01. The first kappa shape index (κ1) is 19.5. The van der Waals surface area contributed by atoms with Crippen molar-refractivity contribution in [3.63, 3.8) is 0 Å². The summed E-state index contributed by atoms with van der Waals surface area (Å²) in [6, 6.07) is 8.24. The minimum atomic E-state index is 0. The first-order chi connectivity index (χ1) is 12.5. The number of fused-ring (bicyclic) bond motifs is 2. The minimum Gasteiger partial charge on any atom is -0.496 e. The highest BCUT2D eigenvalue weighted by atomic mass is 35.5.